The minimum atomic E-state index is 0. The smallest absolute Gasteiger partial charge is 0.135 e. The number of pyridine rings is 1. The maximum absolute atomic E-state index is 5.63. The van der Waals surface area contributed by atoms with Gasteiger partial charge in [0.25, 0.3) is 0 Å². The monoisotopic (exact) mass is 214 g/mol. The molecule has 1 aliphatic rings. The molecule has 4 heteroatoms. The molecular formula is C10H15ClN2O. The van der Waals surface area contributed by atoms with Gasteiger partial charge in [-0.2, -0.15) is 0 Å². The molecule has 2 unspecified atom stereocenters. The largest absolute Gasteiger partial charge is 0.359 e. The molecule has 3 nitrogen and oxygen atoms in total. The zero-order chi connectivity index (χ0) is 9.10. The van der Waals surface area contributed by atoms with Crippen molar-refractivity contribution in [2.24, 2.45) is 5.92 Å². The predicted octanol–water partition coefficient (Wildman–Crippen LogP) is 1.76. The average Bonchev–Trinajstić information content (AvgIpc) is 2.20. The molecule has 78 valence electrons. The zero-order valence-corrected chi connectivity index (χ0v) is 8.96. The minimum absolute atomic E-state index is 0. The Balaban J connectivity index is 0.000000980. The van der Waals surface area contributed by atoms with E-state index in [0.29, 0.717) is 5.92 Å². The first-order valence-electron chi connectivity index (χ1n) is 4.61. The summed E-state index contributed by atoms with van der Waals surface area (Å²) >= 11 is 0. The average molecular weight is 215 g/mol. The third kappa shape index (κ3) is 2.67. The van der Waals surface area contributed by atoms with Crippen molar-refractivity contribution in [3.8, 4) is 0 Å². The van der Waals surface area contributed by atoms with Crippen LogP contribution in [0.2, 0.25) is 0 Å². The van der Waals surface area contributed by atoms with Crippen molar-refractivity contribution in [2.45, 2.75) is 13.2 Å². The third-order valence-electron chi connectivity index (χ3n) is 2.19. The Morgan fingerprint density at radius 2 is 2.43 bits per heavy atom. The molecular weight excluding hydrogens is 200 g/mol. The van der Waals surface area contributed by atoms with Crippen molar-refractivity contribution in [3.63, 3.8) is 0 Å². The lowest BCUT2D eigenvalue weighted by Crippen LogP contribution is -2.36. The highest BCUT2D eigenvalue weighted by Gasteiger charge is 2.18. The van der Waals surface area contributed by atoms with Crippen LogP contribution in [0.25, 0.3) is 0 Å². The van der Waals surface area contributed by atoms with Crippen molar-refractivity contribution >= 4 is 12.4 Å². The van der Waals surface area contributed by atoms with Gasteiger partial charge >= 0.3 is 0 Å². The summed E-state index contributed by atoms with van der Waals surface area (Å²) in [7, 11) is 0. The van der Waals surface area contributed by atoms with Crippen molar-refractivity contribution in [1.29, 1.82) is 0 Å². The summed E-state index contributed by atoms with van der Waals surface area (Å²) < 4.78 is 5.63. The second kappa shape index (κ2) is 5.29. The molecule has 1 aromatic heterocycles. The Morgan fingerprint density at radius 1 is 1.57 bits per heavy atom. The van der Waals surface area contributed by atoms with Crippen LogP contribution in [0.3, 0.4) is 0 Å². The SMILES string of the molecule is CC1CNC(c2cccnc2)OC1.Cl. The van der Waals surface area contributed by atoms with Crippen molar-refractivity contribution < 1.29 is 4.74 Å². The Morgan fingerprint density at radius 3 is 3.00 bits per heavy atom. The van der Waals surface area contributed by atoms with Crippen LogP contribution in [-0.2, 0) is 4.74 Å². The van der Waals surface area contributed by atoms with E-state index in [0.717, 1.165) is 18.7 Å². The first-order chi connectivity index (χ1) is 6.36. The molecule has 2 atom stereocenters. The number of hydrogen-bond acceptors (Lipinski definition) is 3. The molecule has 0 spiro atoms. The number of halogens is 1. The molecule has 1 aliphatic heterocycles. The first-order valence-corrected chi connectivity index (χ1v) is 4.61. The van der Waals surface area contributed by atoms with Crippen LogP contribution < -0.4 is 5.32 Å². The molecule has 1 fully saturated rings. The summed E-state index contributed by atoms with van der Waals surface area (Å²) in [6.45, 7) is 4.01. The fourth-order valence-corrected chi connectivity index (χ4v) is 1.43. The van der Waals surface area contributed by atoms with Gasteiger partial charge < -0.3 is 4.74 Å². The fraction of sp³-hybridized carbons (Fsp3) is 0.500. The molecule has 0 bridgehead atoms. The van der Waals surface area contributed by atoms with Crippen molar-refractivity contribution in [2.75, 3.05) is 13.2 Å². The van der Waals surface area contributed by atoms with Gasteiger partial charge in [0.2, 0.25) is 0 Å². The summed E-state index contributed by atoms with van der Waals surface area (Å²) in [5.41, 5.74) is 1.11. The summed E-state index contributed by atoms with van der Waals surface area (Å²) in [5.74, 6) is 0.605. The highest BCUT2D eigenvalue weighted by Crippen LogP contribution is 2.17. The molecule has 2 rings (SSSR count). The number of ether oxygens (including phenoxy) is 1. The predicted molar refractivity (Wildman–Crippen MR) is 57.3 cm³/mol. The van der Waals surface area contributed by atoms with Crippen LogP contribution in [0.4, 0.5) is 0 Å². The second-order valence-electron chi connectivity index (χ2n) is 3.51. The van der Waals surface area contributed by atoms with Crippen LogP contribution in [0, 0.1) is 5.92 Å². The van der Waals surface area contributed by atoms with Crippen LogP contribution in [-0.4, -0.2) is 18.1 Å². The molecule has 1 aromatic rings. The van der Waals surface area contributed by atoms with Gasteiger partial charge in [0, 0.05) is 24.5 Å². The normalized spacial score (nSPS) is 26.6. The lowest BCUT2D eigenvalue weighted by atomic mass is 10.1. The summed E-state index contributed by atoms with van der Waals surface area (Å²) in [4.78, 5) is 4.06. The van der Waals surface area contributed by atoms with Gasteiger partial charge in [-0.1, -0.05) is 13.0 Å². The molecule has 0 radical (unpaired) electrons. The molecule has 0 aliphatic carbocycles. The number of nitrogens with zero attached hydrogens (tertiary/aromatic N) is 1. The maximum atomic E-state index is 5.63. The highest BCUT2D eigenvalue weighted by atomic mass is 35.5. The number of nitrogens with one attached hydrogen (secondary N) is 1. The maximum Gasteiger partial charge on any atom is 0.135 e. The van der Waals surface area contributed by atoms with E-state index in [1.54, 1.807) is 6.20 Å². The number of rotatable bonds is 1. The van der Waals surface area contributed by atoms with E-state index in [1.807, 2.05) is 18.3 Å². The highest BCUT2D eigenvalue weighted by molar-refractivity contribution is 5.85. The summed E-state index contributed by atoms with van der Waals surface area (Å²) in [5, 5.41) is 3.32. The lowest BCUT2D eigenvalue weighted by molar-refractivity contribution is -0.0255. The Bertz CT molecular complexity index is 260. The fourth-order valence-electron chi connectivity index (χ4n) is 1.43. The van der Waals surface area contributed by atoms with Gasteiger partial charge in [0.05, 0.1) is 6.61 Å². The van der Waals surface area contributed by atoms with Gasteiger partial charge in [-0.25, -0.2) is 0 Å². The molecule has 1 N–H and O–H groups in total. The minimum Gasteiger partial charge on any atom is -0.359 e. The summed E-state index contributed by atoms with van der Waals surface area (Å²) in [6, 6.07) is 3.96. The Labute approximate surface area is 90.3 Å². The molecule has 0 saturated carbocycles. The lowest BCUT2D eigenvalue weighted by Gasteiger charge is -2.28. The van der Waals surface area contributed by atoms with Crippen LogP contribution in [0.1, 0.15) is 18.7 Å². The van der Waals surface area contributed by atoms with E-state index in [-0.39, 0.29) is 18.6 Å². The topological polar surface area (TPSA) is 34.2 Å². The number of aromatic nitrogens is 1. The Kier molecular flexibility index (Phi) is 4.32. The van der Waals surface area contributed by atoms with Crippen molar-refractivity contribution in [1.82, 2.24) is 10.3 Å². The van der Waals surface area contributed by atoms with Gasteiger partial charge in [0.1, 0.15) is 6.23 Å². The van der Waals surface area contributed by atoms with E-state index in [4.69, 9.17) is 4.74 Å². The zero-order valence-electron chi connectivity index (χ0n) is 8.14. The second-order valence-corrected chi connectivity index (χ2v) is 3.51. The quantitative estimate of drug-likeness (QED) is 0.774. The van der Waals surface area contributed by atoms with E-state index >= 15 is 0 Å². The van der Waals surface area contributed by atoms with E-state index in [1.165, 1.54) is 0 Å². The van der Waals surface area contributed by atoms with E-state index in [9.17, 15) is 0 Å². The molecule has 1 saturated heterocycles. The van der Waals surface area contributed by atoms with Crippen LogP contribution >= 0.6 is 12.4 Å². The van der Waals surface area contributed by atoms with Crippen LogP contribution in [0.15, 0.2) is 24.5 Å². The van der Waals surface area contributed by atoms with Gasteiger partial charge in [0.15, 0.2) is 0 Å². The molecule has 2 heterocycles. The standard InChI is InChI=1S/C10H14N2O.ClH/c1-8-5-12-10(13-7-8)9-3-2-4-11-6-9;/h2-4,6,8,10,12H,5,7H2,1H3;1H. The van der Waals surface area contributed by atoms with Gasteiger partial charge in [-0.3, -0.25) is 10.3 Å². The molecule has 0 aromatic carbocycles. The van der Waals surface area contributed by atoms with E-state index < -0.39 is 0 Å². The number of hydrogen-bond donors (Lipinski definition) is 1. The van der Waals surface area contributed by atoms with Gasteiger partial charge in [-0.05, 0) is 12.0 Å². The van der Waals surface area contributed by atoms with Crippen LogP contribution in [0.5, 0.6) is 0 Å². The van der Waals surface area contributed by atoms with E-state index in [2.05, 4.69) is 17.2 Å². The Hall–Kier alpha value is -0.640. The van der Waals surface area contributed by atoms with Gasteiger partial charge in [-0.15, -0.1) is 12.4 Å². The third-order valence-corrected chi connectivity index (χ3v) is 2.19. The molecule has 14 heavy (non-hydrogen) atoms. The summed E-state index contributed by atoms with van der Waals surface area (Å²) in [6.07, 6.45) is 3.65. The first kappa shape index (κ1) is 11.4. The molecule has 0 amide bonds. The van der Waals surface area contributed by atoms with Crippen molar-refractivity contribution in [3.05, 3.63) is 30.1 Å².